The van der Waals surface area contributed by atoms with Crippen LogP contribution in [-0.4, -0.2) is 45.8 Å². The van der Waals surface area contributed by atoms with Crippen LogP contribution >= 0.6 is 0 Å². The second kappa shape index (κ2) is 8.68. The van der Waals surface area contributed by atoms with E-state index in [1.165, 1.54) is 34.9 Å². The molecule has 0 atom stereocenters. The van der Waals surface area contributed by atoms with Crippen LogP contribution in [0.5, 0.6) is 0 Å². The minimum atomic E-state index is -0.538. The molecule has 0 bridgehead atoms. The number of pyridine rings is 1. The molecule has 0 aliphatic carbocycles. The highest BCUT2D eigenvalue weighted by atomic mass is 16.6. The lowest BCUT2D eigenvalue weighted by atomic mass is 9.96. The Hall–Kier alpha value is -3.49. The largest absolute Gasteiger partial charge is 0.352 e. The van der Waals surface area contributed by atoms with E-state index in [2.05, 4.69) is 5.32 Å². The summed E-state index contributed by atoms with van der Waals surface area (Å²) in [7, 11) is 1.61. The number of aromatic nitrogens is 1. The molecule has 2 aromatic rings. The molecule has 1 aromatic carbocycles. The zero-order chi connectivity index (χ0) is 21.0. The van der Waals surface area contributed by atoms with Gasteiger partial charge in [-0.3, -0.25) is 24.5 Å². The normalized spacial score (nSPS) is 14.4. The minimum absolute atomic E-state index is 0.128. The van der Waals surface area contributed by atoms with Gasteiger partial charge in [0.05, 0.1) is 4.92 Å². The van der Waals surface area contributed by atoms with Crippen LogP contribution < -0.4 is 10.9 Å². The van der Waals surface area contributed by atoms with Crippen LogP contribution in [0.2, 0.25) is 0 Å². The van der Waals surface area contributed by atoms with E-state index < -0.39 is 4.92 Å². The Balaban J connectivity index is 1.52. The van der Waals surface area contributed by atoms with Gasteiger partial charge >= 0.3 is 0 Å². The molecular weight excluding hydrogens is 376 g/mol. The van der Waals surface area contributed by atoms with E-state index in [1.54, 1.807) is 24.2 Å². The number of nitro groups is 1. The molecule has 0 radical (unpaired) electrons. The zero-order valence-corrected chi connectivity index (χ0v) is 16.0. The van der Waals surface area contributed by atoms with Gasteiger partial charge in [-0.15, -0.1) is 0 Å². The Bertz CT molecular complexity index is 992. The van der Waals surface area contributed by atoms with Crippen molar-refractivity contribution in [3.05, 3.63) is 74.2 Å². The summed E-state index contributed by atoms with van der Waals surface area (Å²) in [5, 5.41) is 13.6. The van der Waals surface area contributed by atoms with E-state index in [-0.39, 0.29) is 40.1 Å². The van der Waals surface area contributed by atoms with Crippen molar-refractivity contribution in [2.45, 2.75) is 12.8 Å². The summed E-state index contributed by atoms with van der Waals surface area (Å²) < 4.78 is 1.38. The van der Waals surface area contributed by atoms with E-state index >= 15 is 0 Å². The fourth-order valence-corrected chi connectivity index (χ4v) is 3.37. The SMILES string of the molecule is Cn1cccc(C(=O)N2CCC(CNC(=O)c3cccc([N+](=O)[O-])c3)CC2)c1=O. The van der Waals surface area contributed by atoms with Gasteiger partial charge in [-0.25, -0.2) is 0 Å². The second-order valence-corrected chi connectivity index (χ2v) is 7.09. The van der Waals surface area contributed by atoms with Crippen molar-refractivity contribution in [1.29, 1.82) is 0 Å². The number of nitrogens with one attached hydrogen (secondary N) is 1. The van der Waals surface area contributed by atoms with Gasteiger partial charge in [0.25, 0.3) is 23.1 Å². The molecule has 29 heavy (non-hydrogen) atoms. The first-order valence-electron chi connectivity index (χ1n) is 9.34. The summed E-state index contributed by atoms with van der Waals surface area (Å²) in [6.45, 7) is 1.44. The van der Waals surface area contributed by atoms with Crippen LogP contribution in [0.4, 0.5) is 5.69 Å². The number of amides is 2. The van der Waals surface area contributed by atoms with Gasteiger partial charge in [-0.2, -0.15) is 0 Å². The number of aryl methyl sites for hydroxylation is 1. The second-order valence-electron chi connectivity index (χ2n) is 7.09. The summed E-state index contributed by atoms with van der Waals surface area (Å²) in [6.07, 6.45) is 3.01. The van der Waals surface area contributed by atoms with E-state index in [0.29, 0.717) is 32.5 Å². The van der Waals surface area contributed by atoms with Gasteiger partial charge in [-0.1, -0.05) is 6.07 Å². The number of non-ortho nitro benzene ring substituents is 1. The first-order valence-corrected chi connectivity index (χ1v) is 9.34. The molecular formula is C20H22N4O5. The van der Waals surface area contributed by atoms with Crippen molar-refractivity contribution in [3.63, 3.8) is 0 Å². The average molecular weight is 398 g/mol. The molecule has 9 nitrogen and oxygen atoms in total. The maximum Gasteiger partial charge on any atom is 0.270 e. The molecule has 0 unspecified atom stereocenters. The van der Waals surface area contributed by atoms with Crippen molar-refractivity contribution in [2.75, 3.05) is 19.6 Å². The molecule has 1 aliphatic rings. The Labute approximate surface area is 167 Å². The third-order valence-electron chi connectivity index (χ3n) is 5.13. The number of benzene rings is 1. The third kappa shape index (κ3) is 4.68. The number of rotatable bonds is 5. The van der Waals surface area contributed by atoms with Gasteiger partial charge in [-0.05, 0) is 37.0 Å². The molecule has 3 rings (SSSR count). The maximum atomic E-state index is 12.6. The molecule has 1 aliphatic heterocycles. The number of likely N-dealkylation sites (tertiary alicyclic amines) is 1. The van der Waals surface area contributed by atoms with Crippen LogP contribution in [0.3, 0.4) is 0 Å². The maximum absolute atomic E-state index is 12.6. The van der Waals surface area contributed by atoms with Crippen LogP contribution in [-0.2, 0) is 7.05 Å². The third-order valence-corrected chi connectivity index (χ3v) is 5.13. The molecule has 2 amide bonds. The molecule has 152 valence electrons. The van der Waals surface area contributed by atoms with Crippen molar-refractivity contribution < 1.29 is 14.5 Å². The fourth-order valence-electron chi connectivity index (χ4n) is 3.37. The van der Waals surface area contributed by atoms with Crippen molar-refractivity contribution >= 4 is 17.5 Å². The summed E-state index contributed by atoms with van der Waals surface area (Å²) in [6, 6.07) is 8.80. The summed E-state index contributed by atoms with van der Waals surface area (Å²) >= 11 is 0. The Morgan fingerprint density at radius 1 is 1.21 bits per heavy atom. The van der Waals surface area contributed by atoms with Gasteiger partial charge in [0.2, 0.25) is 0 Å². The van der Waals surface area contributed by atoms with Crippen molar-refractivity contribution in [3.8, 4) is 0 Å². The molecule has 1 fully saturated rings. The smallest absolute Gasteiger partial charge is 0.270 e. The Morgan fingerprint density at radius 2 is 1.93 bits per heavy atom. The van der Waals surface area contributed by atoms with Crippen LogP contribution in [0, 0.1) is 16.0 Å². The van der Waals surface area contributed by atoms with Crippen molar-refractivity contribution in [1.82, 2.24) is 14.8 Å². The molecule has 1 N–H and O–H groups in total. The lowest BCUT2D eigenvalue weighted by Gasteiger charge is -2.32. The average Bonchev–Trinajstić information content (AvgIpc) is 2.74. The molecule has 0 spiro atoms. The summed E-state index contributed by atoms with van der Waals surface area (Å²) in [5.74, 6) is -0.439. The van der Waals surface area contributed by atoms with Gasteiger partial charge < -0.3 is 14.8 Å². The summed E-state index contributed by atoms with van der Waals surface area (Å²) in [4.78, 5) is 48.9. The quantitative estimate of drug-likeness (QED) is 0.607. The topological polar surface area (TPSA) is 115 Å². The highest BCUT2D eigenvalue weighted by Gasteiger charge is 2.25. The van der Waals surface area contributed by atoms with E-state index in [9.17, 15) is 24.5 Å². The standard InChI is InChI=1S/C20H22N4O5/c1-22-9-3-6-17(19(22)26)20(27)23-10-7-14(8-11-23)13-21-18(25)15-4-2-5-16(12-15)24(28)29/h2-6,9,12,14H,7-8,10-11,13H2,1H3,(H,21,25). The molecule has 1 saturated heterocycles. The van der Waals surface area contributed by atoms with Crippen LogP contribution in [0.25, 0.3) is 0 Å². The first kappa shape index (κ1) is 20.2. The van der Waals surface area contributed by atoms with Crippen molar-refractivity contribution in [2.24, 2.45) is 13.0 Å². The van der Waals surface area contributed by atoms with Crippen LogP contribution in [0.15, 0.2) is 47.4 Å². The van der Waals surface area contributed by atoms with Gasteiger partial charge in [0.1, 0.15) is 5.56 Å². The number of hydrogen-bond acceptors (Lipinski definition) is 5. The molecule has 1 aromatic heterocycles. The number of nitrogens with zero attached hydrogens (tertiary/aromatic N) is 3. The number of carbonyl (C=O) groups excluding carboxylic acids is 2. The highest BCUT2D eigenvalue weighted by molar-refractivity contribution is 5.95. The number of nitro benzene ring substituents is 1. The fraction of sp³-hybridized carbons (Fsp3) is 0.350. The predicted octanol–water partition coefficient (Wildman–Crippen LogP) is 1.58. The van der Waals surface area contributed by atoms with E-state index in [1.807, 2.05) is 0 Å². The zero-order valence-electron chi connectivity index (χ0n) is 16.0. The van der Waals surface area contributed by atoms with E-state index in [0.717, 1.165) is 0 Å². The predicted molar refractivity (Wildman–Crippen MR) is 106 cm³/mol. The molecule has 2 heterocycles. The molecule has 0 saturated carbocycles. The minimum Gasteiger partial charge on any atom is -0.352 e. The highest BCUT2D eigenvalue weighted by Crippen LogP contribution is 2.18. The van der Waals surface area contributed by atoms with Gasteiger partial charge in [0.15, 0.2) is 0 Å². The Kier molecular flexibility index (Phi) is 6.06. The first-order chi connectivity index (χ1) is 13.9. The molecule has 9 heteroatoms. The summed E-state index contributed by atoms with van der Waals surface area (Å²) in [5.41, 5.74) is -0.0421. The number of piperidine rings is 1. The number of carbonyl (C=O) groups is 2. The monoisotopic (exact) mass is 398 g/mol. The lowest BCUT2D eigenvalue weighted by Crippen LogP contribution is -2.43. The van der Waals surface area contributed by atoms with Crippen LogP contribution in [0.1, 0.15) is 33.6 Å². The van der Waals surface area contributed by atoms with Gasteiger partial charge in [0, 0.05) is 50.6 Å². The lowest BCUT2D eigenvalue weighted by molar-refractivity contribution is -0.384. The number of hydrogen-bond donors (Lipinski definition) is 1. The Morgan fingerprint density at radius 3 is 2.62 bits per heavy atom. The van der Waals surface area contributed by atoms with E-state index in [4.69, 9.17) is 0 Å².